The fourth-order valence-electron chi connectivity index (χ4n) is 5.01. The van der Waals surface area contributed by atoms with Crippen LogP contribution in [0.2, 0.25) is 0 Å². The summed E-state index contributed by atoms with van der Waals surface area (Å²) in [7, 11) is 0. The Morgan fingerprint density at radius 2 is 1.65 bits per heavy atom. The second-order valence-corrected chi connectivity index (χ2v) is 6.73. The smallest absolute Gasteiger partial charge is 0.221 e. The summed E-state index contributed by atoms with van der Waals surface area (Å²) in [4.78, 5) is 11.5. The van der Waals surface area contributed by atoms with Gasteiger partial charge in [0, 0.05) is 19.5 Å². The van der Waals surface area contributed by atoms with E-state index in [0.29, 0.717) is 18.4 Å². The Labute approximate surface area is 104 Å². The van der Waals surface area contributed by atoms with Crippen LogP contribution < -0.4 is 11.1 Å². The first-order chi connectivity index (χ1) is 8.19. The van der Waals surface area contributed by atoms with Gasteiger partial charge in [-0.05, 0) is 61.7 Å². The Morgan fingerprint density at radius 1 is 1.12 bits per heavy atom. The van der Waals surface area contributed by atoms with Crippen LogP contribution in [0, 0.1) is 23.2 Å². The Hall–Kier alpha value is -0.570. The van der Waals surface area contributed by atoms with E-state index < -0.39 is 0 Å². The fraction of sp³-hybridized carbons (Fsp3) is 0.929. The lowest BCUT2D eigenvalue weighted by Crippen LogP contribution is -2.51. The highest BCUT2D eigenvalue weighted by Gasteiger charge is 2.50. The Balaban J connectivity index is 1.60. The molecule has 0 unspecified atom stereocenters. The van der Waals surface area contributed by atoms with Gasteiger partial charge in [-0.1, -0.05) is 0 Å². The molecular weight excluding hydrogens is 212 g/mol. The van der Waals surface area contributed by atoms with E-state index in [1.807, 2.05) is 0 Å². The summed E-state index contributed by atoms with van der Waals surface area (Å²) < 4.78 is 0. The van der Waals surface area contributed by atoms with Crippen molar-refractivity contribution < 1.29 is 4.79 Å². The SMILES string of the molecule is NCCC(=O)NCC12CC3CC(CC(C3)C1)C2. The summed E-state index contributed by atoms with van der Waals surface area (Å²) in [6.07, 6.45) is 8.97. The molecule has 0 aromatic carbocycles. The second-order valence-electron chi connectivity index (χ2n) is 6.73. The molecule has 0 atom stereocenters. The van der Waals surface area contributed by atoms with Crippen molar-refractivity contribution in [2.75, 3.05) is 13.1 Å². The lowest BCUT2D eigenvalue weighted by atomic mass is 9.49. The van der Waals surface area contributed by atoms with E-state index >= 15 is 0 Å². The fourth-order valence-corrected chi connectivity index (χ4v) is 5.01. The molecule has 0 aromatic heterocycles. The molecule has 3 nitrogen and oxygen atoms in total. The van der Waals surface area contributed by atoms with E-state index in [4.69, 9.17) is 5.73 Å². The summed E-state index contributed by atoms with van der Waals surface area (Å²) in [5.74, 6) is 3.04. The van der Waals surface area contributed by atoms with Gasteiger partial charge in [-0.15, -0.1) is 0 Å². The van der Waals surface area contributed by atoms with Gasteiger partial charge < -0.3 is 11.1 Å². The van der Waals surface area contributed by atoms with E-state index in [2.05, 4.69) is 5.32 Å². The predicted octanol–water partition coefficient (Wildman–Crippen LogP) is 1.67. The molecule has 3 N–H and O–H groups in total. The van der Waals surface area contributed by atoms with E-state index in [9.17, 15) is 4.79 Å². The number of amides is 1. The van der Waals surface area contributed by atoms with Crippen LogP contribution in [0.25, 0.3) is 0 Å². The average Bonchev–Trinajstić information content (AvgIpc) is 2.25. The van der Waals surface area contributed by atoms with Gasteiger partial charge in [0.25, 0.3) is 0 Å². The van der Waals surface area contributed by atoms with Crippen molar-refractivity contribution in [2.24, 2.45) is 28.9 Å². The Kier molecular flexibility index (Phi) is 2.89. The Morgan fingerprint density at radius 3 is 2.12 bits per heavy atom. The van der Waals surface area contributed by atoms with Crippen LogP contribution in [0.15, 0.2) is 0 Å². The third kappa shape index (κ3) is 2.22. The molecule has 0 radical (unpaired) electrons. The van der Waals surface area contributed by atoms with Crippen molar-refractivity contribution in [3.05, 3.63) is 0 Å². The lowest BCUT2D eigenvalue weighted by molar-refractivity contribution is -0.123. The number of nitrogens with one attached hydrogen (secondary N) is 1. The van der Waals surface area contributed by atoms with Crippen molar-refractivity contribution in [2.45, 2.75) is 44.9 Å². The van der Waals surface area contributed by atoms with Gasteiger partial charge in [0.15, 0.2) is 0 Å². The van der Waals surface area contributed by atoms with Gasteiger partial charge in [-0.25, -0.2) is 0 Å². The maximum atomic E-state index is 11.5. The molecule has 96 valence electrons. The van der Waals surface area contributed by atoms with Crippen LogP contribution in [0.4, 0.5) is 0 Å². The molecule has 4 bridgehead atoms. The number of hydrogen-bond donors (Lipinski definition) is 2. The van der Waals surface area contributed by atoms with Crippen LogP contribution >= 0.6 is 0 Å². The zero-order valence-corrected chi connectivity index (χ0v) is 10.6. The van der Waals surface area contributed by atoms with Crippen LogP contribution in [-0.4, -0.2) is 19.0 Å². The zero-order valence-electron chi connectivity index (χ0n) is 10.6. The molecule has 4 aliphatic rings. The summed E-state index contributed by atoms with van der Waals surface area (Å²) in [6.45, 7) is 1.38. The molecule has 0 spiro atoms. The van der Waals surface area contributed by atoms with Gasteiger partial charge in [-0.3, -0.25) is 4.79 Å². The summed E-state index contributed by atoms with van der Waals surface area (Å²) in [5, 5.41) is 3.12. The molecule has 0 aromatic rings. The number of hydrogen-bond acceptors (Lipinski definition) is 2. The first-order valence-corrected chi connectivity index (χ1v) is 7.16. The minimum atomic E-state index is 0.142. The van der Waals surface area contributed by atoms with Gasteiger partial charge in [-0.2, -0.15) is 0 Å². The monoisotopic (exact) mass is 236 g/mol. The number of carbonyl (C=O) groups excluding carboxylic acids is 1. The first kappa shape index (κ1) is 11.5. The van der Waals surface area contributed by atoms with Crippen LogP contribution in [0.3, 0.4) is 0 Å². The molecule has 4 aliphatic carbocycles. The second kappa shape index (κ2) is 4.27. The highest BCUT2D eigenvalue weighted by molar-refractivity contribution is 5.76. The number of carbonyl (C=O) groups is 1. The Bertz CT molecular complexity index is 278. The summed E-state index contributed by atoms with van der Waals surface area (Å²) in [5.41, 5.74) is 5.86. The largest absolute Gasteiger partial charge is 0.356 e. The van der Waals surface area contributed by atoms with Crippen LogP contribution in [0.1, 0.15) is 44.9 Å². The van der Waals surface area contributed by atoms with Crippen LogP contribution in [-0.2, 0) is 4.79 Å². The lowest BCUT2D eigenvalue weighted by Gasteiger charge is -2.56. The molecule has 1 amide bonds. The summed E-state index contributed by atoms with van der Waals surface area (Å²) >= 11 is 0. The standard InChI is InChI=1S/C14H24N2O/c15-2-1-13(17)16-9-14-6-10-3-11(7-14)5-12(4-10)8-14/h10-12H,1-9,15H2,(H,16,17). The van der Waals surface area contributed by atoms with E-state index in [-0.39, 0.29) is 5.91 Å². The zero-order chi connectivity index (χ0) is 11.9. The molecular formula is C14H24N2O. The average molecular weight is 236 g/mol. The van der Waals surface area contributed by atoms with Crippen molar-refractivity contribution in [3.8, 4) is 0 Å². The third-order valence-corrected chi connectivity index (χ3v) is 5.20. The van der Waals surface area contributed by atoms with Crippen molar-refractivity contribution in [1.82, 2.24) is 5.32 Å². The maximum absolute atomic E-state index is 11.5. The minimum Gasteiger partial charge on any atom is -0.356 e. The topological polar surface area (TPSA) is 55.1 Å². The number of rotatable bonds is 4. The predicted molar refractivity (Wildman–Crippen MR) is 67.3 cm³/mol. The highest BCUT2D eigenvalue weighted by Crippen LogP contribution is 2.59. The summed E-state index contributed by atoms with van der Waals surface area (Å²) in [6, 6.07) is 0. The van der Waals surface area contributed by atoms with E-state index in [1.165, 1.54) is 38.5 Å². The van der Waals surface area contributed by atoms with E-state index in [0.717, 1.165) is 24.3 Å². The normalized spacial score (nSPS) is 42.8. The molecule has 0 heterocycles. The minimum absolute atomic E-state index is 0.142. The molecule has 0 aliphatic heterocycles. The third-order valence-electron chi connectivity index (χ3n) is 5.20. The quantitative estimate of drug-likeness (QED) is 0.780. The molecule has 4 saturated carbocycles. The van der Waals surface area contributed by atoms with Crippen molar-refractivity contribution in [1.29, 1.82) is 0 Å². The number of nitrogens with two attached hydrogens (primary N) is 1. The van der Waals surface area contributed by atoms with Crippen LogP contribution in [0.5, 0.6) is 0 Å². The van der Waals surface area contributed by atoms with Gasteiger partial charge >= 0.3 is 0 Å². The maximum Gasteiger partial charge on any atom is 0.221 e. The van der Waals surface area contributed by atoms with Gasteiger partial charge in [0.1, 0.15) is 0 Å². The molecule has 4 fully saturated rings. The highest BCUT2D eigenvalue weighted by atomic mass is 16.1. The molecule has 4 rings (SSSR count). The van der Waals surface area contributed by atoms with E-state index in [1.54, 1.807) is 0 Å². The first-order valence-electron chi connectivity index (χ1n) is 7.16. The molecule has 17 heavy (non-hydrogen) atoms. The molecule has 3 heteroatoms. The molecule has 0 saturated heterocycles. The van der Waals surface area contributed by atoms with Gasteiger partial charge in [0.05, 0.1) is 0 Å². The van der Waals surface area contributed by atoms with Gasteiger partial charge in [0.2, 0.25) is 5.91 Å². The van der Waals surface area contributed by atoms with Crippen molar-refractivity contribution >= 4 is 5.91 Å². The van der Waals surface area contributed by atoms with Crippen molar-refractivity contribution in [3.63, 3.8) is 0 Å².